The minimum absolute atomic E-state index is 0.132. The molecule has 0 unspecified atom stereocenters. The molecule has 5 nitrogen and oxygen atoms in total. The zero-order valence-electron chi connectivity index (χ0n) is 18.7. The molecule has 4 rings (SSSR count). The van der Waals surface area contributed by atoms with E-state index in [9.17, 15) is 4.21 Å². The summed E-state index contributed by atoms with van der Waals surface area (Å²) in [6.07, 6.45) is 0. The predicted molar refractivity (Wildman–Crippen MR) is 135 cm³/mol. The van der Waals surface area contributed by atoms with Crippen LogP contribution in [-0.4, -0.2) is 30.6 Å². The van der Waals surface area contributed by atoms with Crippen LogP contribution in [-0.2, 0) is 19.7 Å². The van der Waals surface area contributed by atoms with Gasteiger partial charge in [-0.3, -0.25) is 8.37 Å². The molecule has 4 aromatic rings. The highest BCUT2D eigenvalue weighted by atomic mass is 32.2. The van der Waals surface area contributed by atoms with Gasteiger partial charge in [-0.05, 0) is 23.3 Å². The van der Waals surface area contributed by atoms with Crippen molar-refractivity contribution in [1.29, 1.82) is 0 Å². The molecule has 34 heavy (non-hydrogen) atoms. The van der Waals surface area contributed by atoms with E-state index in [1.54, 1.807) is 0 Å². The van der Waals surface area contributed by atoms with Crippen molar-refractivity contribution in [1.82, 2.24) is 0 Å². The summed E-state index contributed by atoms with van der Waals surface area (Å²) in [5.41, 5.74) is 4.13. The van der Waals surface area contributed by atoms with Gasteiger partial charge in [0.1, 0.15) is 37.9 Å². The first-order chi connectivity index (χ1) is 16.8. The van der Waals surface area contributed by atoms with E-state index in [1.807, 2.05) is 109 Å². The summed E-state index contributed by atoms with van der Waals surface area (Å²) in [4.78, 5) is 0. The molecular formula is C28H26O5S. The Morgan fingerprint density at radius 2 is 0.853 bits per heavy atom. The Hall–Kier alpha value is -3.45. The normalized spacial score (nSPS) is 10.9. The van der Waals surface area contributed by atoms with Gasteiger partial charge in [0.25, 0.3) is 0 Å². The first-order valence-corrected chi connectivity index (χ1v) is 12.0. The first kappa shape index (κ1) is 23.7. The van der Waals surface area contributed by atoms with Crippen LogP contribution in [0.5, 0.6) is 11.5 Å². The second-order valence-corrected chi connectivity index (χ2v) is 8.15. The number of hydrogen-bond donors (Lipinski definition) is 0. The van der Waals surface area contributed by atoms with E-state index in [1.165, 1.54) is 0 Å². The summed E-state index contributed by atoms with van der Waals surface area (Å²) in [5.74, 6) is 1.49. The molecule has 0 aliphatic heterocycles. The van der Waals surface area contributed by atoms with Gasteiger partial charge in [-0.15, -0.1) is 0 Å². The summed E-state index contributed by atoms with van der Waals surface area (Å²) in [5, 5.41) is 0. The minimum Gasteiger partial charge on any atom is -0.490 e. The van der Waals surface area contributed by atoms with Crippen molar-refractivity contribution in [3.05, 3.63) is 109 Å². The average Bonchev–Trinajstić information content (AvgIpc) is 2.90. The molecule has 6 heteroatoms. The molecule has 0 amide bonds. The summed E-state index contributed by atoms with van der Waals surface area (Å²) in [7, 11) is 0. The highest BCUT2D eigenvalue weighted by Crippen LogP contribution is 2.30. The standard InChI is InChI=1S/C28H26O5S/c29-34(32-21-19-30-27-17-9-7-15-25(27)23-11-3-1-4-12-23)33-22-20-31-28-18-10-8-16-26(28)24-13-5-2-6-14-24/h1-18H,19-22H2. The van der Waals surface area contributed by atoms with Crippen LogP contribution in [0.4, 0.5) is 0 Å². The van der Waals surface area contributed by atoms with Gasteiger partial charge >= 0.3 is 11.4 Å². The fraction of sp³-hybridized carbons (Fsp3) is 0.143. The second-order valence-electron chi connectivity index (χ2n) is 7.27. The lowest BCUT2D eigenvalue weighted by molar-refractivity contribution is 0.180. The smallest absolute Gasteiger partial charge is 0.304 e. The van der Waals surface area contributed by atoms with Crippen LogP contribution < -0.4 is 9.47 Å². The maximum absolute atomic E-state index is 12.0. The van der Waals surface area contributed by atoms with E-state index in [0.717, 1.165) is 33.8 Å². The minimum atomic E-state index is -1.88. The van der Waals surface area contributed by atoms with E-state index in [2.05, 4.69) is 0 Å². The number of rotatable bonds is 12. The Kier molecular flexibility index (Phi) is 8.85. The molecular weight excluding hydrogens is 448 g/mol. The monoisotopic (exact) mass is 474 g/mol. The van der Waals surface area contributed by atoms with Gasteiger partial charge in [0.05, 0.1) is 0 Å². The Labute approximate surface area is 202 Å². The zero-order valence-corrected chi connectivity index (χ0v) is 19.5. The molecule has 0 bridgehead atoms. The van der Waals surface area contributed by atoms with Gasteiger partial charge in [-0.1, -0.05) is 97.1 Å². The number of para-hydroxylation sites is 2. The van der Waals surface area contributed by atoms with Crippen molar-refractivity contribution in [2.75, 3.05) is 26.4 Å². The van der Waals surface area contributed by atoms with Crippen LogP contribution in [0, 0.1) is 0 Å². The van der Waals surface area contributed by atoms with Gasteiger partial charge < -0.3 is 9.47 Å². The van der Waals surface area contributed by atoms with Crippen molar-refractivity contribution in [3.63, 3.8) is 0 Å². The molecule has 0 heterocycles. The molecule has 0 aliphatic carbocycles. The summed E-state index contributed by atoms with van der Waals surface area (Å²) < 4.78 is 34.1. The third-order valence-corrected chi connectivity index (χ3v) is 5.70. The maximum atomic E-state index is 12.0. The lowest BCUT2D eigenvalue weighted by atomic mass is 10.1. The van der Waals surface area contributed by atoms with Crippen LogP contribution >= 0.6 is 0 Å². The van der Waals surface area contributed by atoms with Gasteiger partial charge in [-0.25, -0.2) is 0 Å². The molecule has 0 spiro atoms. The average molecular weight is 475 g/mol. The zero-order chi connectivity index (χ0) is 23.4. The fourth-order valence-electron chi connectivity index (χ4n) is 3.44. The summed E-state index contributed by atoms with van der Waals surface area (Å²) >= 11 is -1.88. The van der Waals surface area contributed by atoms with Crippen LogP contribution in [0.3, 0.4) is 0 Å². The molecule has 0 radical (unpaired) electrons. The Balaban J connectivity index is 1.18. The van der Waals surface area contributed by atoms with E-state index in [-0.39, 0.29) is 26.4 Å². The molecule has 0 fully saturated rings. The molecule has 0 saturated heterocycles. The molecule has 0 saturated carbocycles. The number of hydrogen-bond acceptors (Lipinski definition) is 5. The molecule has 4 aromatic carbocycles. The number of benzene rings is 4. The second kappa shape index (κ2) is 12.7. The molecule has 0 aromatic heterocycles. The Morgan fingerprint density at radius 3 is 1.29 bits per heavy atom. The first-order valence-electron chi connectivity index (χ1n) is 11.0. The quantitative estimate of drug-likeness (QED) is 0.233. The van der Waals surface area contributed by atoms with E-state index >= 15 is 0 Å². The third-order valence-electron chi connectivity index (χ3n) is 4.98. The Bertz CT molecular complexity index is 1090. The van der Waals surface area contributed by atoms with E-state index in [4.69, 9.17) is 17.8 Å². The molecule has 0 aliphatic rings. The van der Waals surface area contributed by atoms with Gasteiger partial charge in [0.15, 0.2) is 0 Å². The maximum Gasteiger partial charge on any atom is 0.304 e. The van der Waals surface area contributed by atoms with Gasteiger partial charge in [-0.2, -0.15) is 4.21 Å². The highest BCUT2D eigenvalue weighted by molar-refractivity contribution is 7.75. The van der Waals surface area contributed by atoms with Gasteiger partial charge in [0.2, 0.25) is 0 Å². The van der Waals surface area contributed by atoms with Crippen molar-refractivity contribution in [3.8, 4) is 33.8 Å². The van der Waals surface area contributed by atoms with Crippen molar-refractivity contribution in [2.24, 2.45) is 0 Å². The Morgan fingerprint density at radius 1 is 0.471 bits per heavy atom. The SMILES string of the molecule is O=S(OCCOc1ccccc1-c1ccccc1)OCCOc1ccccc1-c1ccccc1. The van der Waals surface area contributed by atoms with Crippen LogP contribution in [0.1, 0.15) is 0 Å². The van der Waals surface area contributed by atoms with Crippen LogP contribution in [0.15, 0.2) is 109 Å². The fourth-order valence-corrected chi connectivity index (χ4v) is 3.92. The van der Waals surface area contributed by atoms with E-state index < -0.39 is 11.4 Å². The lowest BCUT2D eigenvalue weighted by Gasteiger charge is -2.12. The van der Waals surface area contributed by atoms with Crippen LogP contribution in [0.25, 0.3) is 22.3 Å². The molecule has 0 N–H and O–H groups in total. The van der Waals surface area contributed by atoms with Gasteiger partial charge in [0, 0.05) is 11.1 Å². The van der Waals surface area contributed by atoms with Crippen molar-refractivity contribution in [2.45, 2.75) is 0 Å². The topological polar surface area (TPSA) is 54.0 Å². The highest BCUT2D eigenvalue weighted by Gasteiger charge is 2.08. The van der Waals surface area contributed by atoms with Crippen LogP contribution in [0.2, 0.25) is 0 Å². The molecule has 174 valence electrons. The van der Waals surface area contributed by atoms with E-state index in [0.29, 0.717) is 0 Å². The predicted octanol–water partition coefficient (Wildman–Crippen LogP) is 6.09. The molecule has 0 atom stereocenters. The largest absolute Gasteiger partial charge is 0.490 e. The van der Waals surface area contributed by atoms with Crippen molar-refractivity contribution < 1.29 is 22.0 Å². The number of ether oxygens (including phenoxy) is 2. The third kappa shape index (κ3) is 6.78. The summed E-state index contributed by atoms with van der Waals surface area (Å²) in [6, 6.07) is 35.6. The van der Waals surface area contributed by atoms with Crippen molar-refractivity contribution >= 4 is 11.4 Å². The summed E-state index contributed by atoms with van der Waals surface area (Å²) in [6.45, 7) is 0.765. The lowest BCUT2D eigenvalue weighted by Crippen LogP contribution is -2.13.